The number of rotatable bonds is 6. The molecule has 1 aromatic carbocycles. The third-order valence-corrected chi connectivity index (χ3v) is 3.26. The fourth-order valence-corrected chi connectivity index (χ4v) is 2.14. The van der Waals surface area contributed by atoms with Gasteiger partial charge in [0.05, 0.1) is 7.11 Å². The lowest BCUT2D eigenvalue weighted by atomic mass is 10.1. The van der Waals surface area contributed by atoms with E-state index in [-0.39, 0.29) is 6.42 Å². The van der Waals surface area contributed by atoms with Gasteiger partial charge in [0.25, 0.3) is 0 Å². The number of aliphatic carboxylic acids is 1. The first-order valence-electron chi connectivity index (χ1n) is 5.28. The summed E-state index contributed by atoms with van der Waals surface area (Å²) in [6, 6.07) is 6.88. The van der Waals surface area contributed by atoms with Gasteiger partial charge in [0.2, 0.25) is 5.12 Å². The summed E-state index contributed by atoms with van der Waals surface area (Å²) < 4.78 is 5.00. The summed E-state index contributed by atoms with van der Waals surface area (Å²) in [6.07, 6.45) is 1.57. The Bertz CT molecular complexity index is 439. The molecular weight excluding hydrogens is 252 g/mol. The van der Waals surface area contributed by atoms with Crippen LogP contribution in [0.3, 0.4) is 0 Å². The maximum Gasteiger partial charge on any atom is 0.315 e. The molecule has 5 heteroatoms. The summed E-state index contributed by atoms with van der Waals surface area (Å²) in [5, 5.41) is 8.54. The number of allylic oxidation sites excluding steroid dienone is 1. The number of carboxylic acids is 1. The minimum Gasteiger partial charge on any atom is -0.497 e. The summed E-state index contributed by atoms with van der Waals surface area (Å²) in [5.41, 5.74) is 0. The van der Waals surface area contributed by atoms with Crippen molar-refractivity contribution < 1.29 is 19.4 Å². The van der Waals surface area contributed by atoms with Gasteiger partial charge in [-0.15, -0.1) is 6.58 Å². The summed E-state index contributed by atoms with van der Waals surface area (Å²) in [5.74, 6) is -1.48. The number of benzene rings is 1. The first-order valence-corrected chi connectivity index (χ1v) is 6.09. The Hall–Kier alpha value is -1.75. The van der Waals surface area contributed by atoms with Crippen molar-refractivity contribution in [2.75, 3.05) is 7.11 Å². The van der Waals surface area contributed by atoms with Gasteiger partial charge in [-0.1, -0.05) is 17.8 Å². The van der Waals surface area contributed by atoms with E-state index in [1.54, 1.807) is 31.4 Å². The highest BCUT2D eigenvalue weighted by Gasteiger charge is 2.25. The van der Waals surface area contributed by atoms with Gasteiger partial charge in [0, 0.05) is 4.90 Å². The summed E-state index contributed by atoms with van der Waals surface area (Å²) in [7, 11) is 1.55. The van der Waals surface area contributed by atoms with Gasteiger partial charge in [-0.3, -0.25) is 9.59 Å². The van der Waals surface area contributed by atoms with Gasteiger partial charge in [0.1, 0.15) is 11.7 Å². The average molecular weight is 266 g/mol. The molecule has 0 aliphatic carbocycles. The Kier molecular flexibility index (Phi) is 5.45. The lowest BCUT2D eigenvalue weighted by Gasteiger charge is -2.08. The maximum atomic E-state index is 11.8. The number of methoxy groups -OCH3 is 1. The van der Waals surface area contributed by atoms with E-state index in [1.165, 1.54) is 6.08 Å². The van der Waals surface area contributed by atoms with Crippen LogP contribution in [0.15, 0.2) is 41.8 Å². The first-order chi connectivity index (χ1) is 8.58. The van der Waals surface area contributed by atoms with E-state index in [1.807, 2.05) is 0 Å². The van der Waals surface area contributed by atoms with Crippen molar-refractivity contribution in [1.82, 2.24) is 0 Å². The molecule has 0 aromatic heterocycles. The zero-order valence-corrected chi connectivity index (χ0v) is 10.8. The molecule has 1 N–H and O–H groups in total. The molecule has 0 saturated heterocycles. The molecule has 1 aromatic rings. The molecule has 0 bridgehead atoms. The normalized spacial score (nSPS) is 11.6. The largest absolute Gasteiger partial charge is 0.497 e. The highest BCUT2D eigenvalue weighted by Crippen LogP contribution is 2.26. The summed E-state index contributed by atoms with van der Waals surface area (Å²) in [6.45, 7) is 3.45. The van der Waals surface area contributed by atoms with Crippen LogP contribution in [-0.2, 0) is 9.59 Å². The second-order valence-electron chi connectivity index (χ2n) is 3.51. The van der Waals surface area contributed by atoms with Crippen molar-refractivity contribution in [1.29, 1.82) is 0 Å². The van der Waals surface area contributed by atoms with Crippen LogP contribution in [0.4, 0.5) is 0 Å². The van der Waals surface area contributed by atoms with Crippen LogP contribution in [0.2, 0.25) is 0 Å². The molecule has 1 rings (SSSR count). The molecule has 0 spiro atoms. The van der Waals surface area contributed by atoms with Crippen molar-refractivity contribution >= 4 is 22.8 Å². The number of hydrogen-bond donors (Lipinski definition) is 1. The average Bonchev–Trinajstić information content (AvgIpc) is 2.36. The Labute approximate surface area is 110 Å². The SMILES string of the molecule is C=CCC(C(=O)O)C(=O)Sc1ccc(OC)cc1. The second kappa shape index (κ2) is 6.86. The van der Waals surface area contributed by atoms with Gasteiger partial charge < -0.3 is 9.84 Å². The smallest absolute Gasteiger partial charge is 0.315 e. The highest BCUT2D eigenvalue weighted by molar-refractivity contribution is 8.13. The van der Waals surface area contributed by atoms with Gasteiger partial charge >= 0.3 is 5.97 Å². The molecule has 0 aliphatic heterocycles. The molecule has 0 saturated carbocycles. The van der Waals surface area contributed by atoms with E-state index >= 15 is 0 Å². The van der Waals surface area contributed by atoms with Crippen LogP contribution in [-0.4, -0.2) is 23.3 Å². The van der Waals surface area contributed by atoms with E-state index in [2.05, 4.69) is 6.58 Å². The quantitative estimate of drug-likeness (QED) is 0.487. The molecule has 96 valence electrons. The molecule has 0 heterocycles. The Balaban J connectivity index is 2.72. The third kappa shape index (κ3) is 3.92. The fourth-order valence-electron chi connectivity index (χ4n) is 1.30. The molecule has 1 atom stereocenters. The minimum absolute atomic E-state index is 0.136. The molecule has 0 radical (unpaired) electrons. The van der Waals surface area contributed by atoms with Crippen molar-refractivity contribution in [3.63, 3.8) is 0 Å². The van der Waals surface area contributed by atoms with Crippen molar-refractivity contribution in [2.24, 2.45) is 5.92 Å². The minimum atomic E-state index is -1.12. The van der Waals surface area contributed by atoms with Crippen LogP contribution >= 0.6 is 11.8 Å². The van der Waals surface area contributed by atoms with E-state index in [9.17, 15) is 9.59 Å². The monoisotopic (exact) mass is 266 g/mol. The van der Waals surface area contributed by atoms with Gasteiger partial charge in [-0.25, -0.2) is 0 Å². The van der Waals surface area contributed by atoms with E-state index in [4.69, 9.17) is 9.84 Å². The molecule has 0 aliphatic rings. The van der Waals surface area contributed by atoms with Crippen LogP contribution in [0.1, 0.15) is 6.42 Å². The van der Waals surface area contributed by atoms with Crippen LogP contribution in [0, 0.1) is 5.92 Å². The van der Waals surface area contributed by atoms with Crippen molar-refractivity contribution in [3.8, 4) is 5.75 Å². The Morgan fingerprint density at radius 1 is 1.44 bits per heavy atom. The number of hydrogen-bond acceptors (Lipinski definition) is 4. The lowest BCUT2D eigenvalue weighted by molar-refractivity contribution is -0.143. The number of carboxylic acid groups (broad SMARTS) is 1. The number of carbonyl (C=O) groups excluding carboxylic acids is 1. The molecule has 1 unspecified atom stereocenters. The van der Waals surface area contributed by atoms with E-state index in [0.717, 1.165) is 11.8 Å². The molecule has 0 fully saturated rings. The highest BCUT2D eigenvalue weighted by atomic mass is 32.2. The van der Waals surface area contributed by atoms with Crippen LogP contribution in [0.25, 0.3) is 0 Å². The van der Waals surface area contributed by atoms with Crippen molar-refractivity contribution in [2.45, 2.75) is 11.3 Å². The van der Waals surface area contributed by atoms with E-state index in [0.29, 0.717) is 10.6 Å². The third-order valence-electron chi connectivity index (χ3n) is 2.26. The number of thioether (sulfide) groups is 1. The zero-order chi connectivity index (χ0) is 13.5. The molecular formula is C13H14O4S. The first kappa shape index (κ1) is 14.3. The Morgan fingerprint density at radius 2 is 2.06 bits per heavy atom. The number of carbonyl (C=O) groups is 2. The fraction of sp³-hybridized carbons (Fsp3) is 0.231. The van der Waals surface area contributed by atoms with Crippen molar-refractivity contribution in [3.05, 3.63) is 36.9 Å². The predicted octanol–water partition coefficient (Wildman–Crippen LogP) is 2.59. The van der Waals surface area contributed by atoms with Gasteiger partial charge in [-0.05, 0) is 30.7 Å². The zero-order valence-electron chi connectivity index (χ0n) is 9.96. The Morgan fingerprint density at radius 3 is 2.50 bits per heavy atom. The summed E-state index contributed by atoms with van der Waals surface area (Å²) in [4.78, 5) is 23.4. The second-order valence-corrected chi connectivity index (χ2v) is 4.59. The standard InChI is InChI=1S/C13H14O4S/c1-3-4-11(12(14)15)13(16)18-10-7-5-9(17-2)6-8-10/h3,5-8,11H,1,4H2,2H3,(H,14,15). The van der Waals surface area contributed by atoms with Gasteiger partial charge in [0.15, 0.2) is 0 Å². The summed E-state index contributed by atoms with van der Waals surface area (Å²) >= 11 is 0.916. The molecule has 0 amide bonds. The maximum absolute atomic E-state index is 11.8. The topological polar surface area (TPSA) is 63.6 Å². The molecule has 18 heavy (non-hydrogen) atoms. The lowest BCUT2D eigenvalue weighted by Crippen LogP contribution is -2.20. The van der Waals surface area contributed by atoms with E-state index < -0.39 is 17.0 Å². The molecule has 4 nitrogen and oxygen atoms in total. The predicted molar refractivity (Wildman–Crippen MR) is 69.8 cm³/mol. The van der Waals surface area contributed by atoms with Crippen LogP contribution < -0.4 is 4.74 Å². The van der Waals surface area contributed by atoms with Crippen LogP contribution in [0.5, 0.6) is 5.75 Å². The van der Waals surface area contributed by atoms with Gasteiger partial charge in [-0.2, -0.15) is 0 Å². The number of ether oxygens (including phenoxy) is 1.